The number of nitrogens with one attached hydrogen (secondary N) is 2. The highest BCUT2D eigenvalue weighted by molar-refractivity contribution is 7.98. The summed E-state index contributed by atoms with van der Waals surface area (Å²) >= 11 is 1.69. The summed E-state index contributed by atoms with van der Waals surface area (Å²) in [6, 6.07) is 9.76. The second-order valence-corrected chi connectivity index (χ2v) is 5.54. The summed E-state index contributed by atoms with van der Waals surface area (Å²) in [6.45, 7) is 5.60. The van der Waals surface area contributed by atoms with Crippen LogP contribution in [-0.2, 0) is 12.3 Å². The summed E-state index contributed by atoms with van der Waals surface area (Å²) in [4.78, 5) is 20.1. The molecule has 2 aromatic rings. The van der Waals surface area contributed by atoms with Gasteiger partial charge in [0.1, 0.15) is 5.82 Å². The summed E-state index contributed by atoms with van der Waals surface area (Å²) in [6.07, 6.45) is 0. The molecule has 0 aliphatic rings. The van der Waals surface area contributed by atoms with Gasteiger partial charge in [-0.25, -0.2) is 4.98 Å². The van der Waals surface area contributed by atoms with Gasteiger partial charge in [0.15, 0.2) is 0 Å². The molecular weight excluding hydrogens is 270 g/mol. The number of rotatable bonds is 6. The summed E-state index contributed by atoms with van der Waals surface area (Å²) in [7, 11) is 0. The van der Waals surface area contributed by atoms with Crippen LogP contribution in [0.1, 0.15) is 24.0 Å². The van der Waals surface area contributed by atoms with E-state index in [2.05, 4.69) is 34.3 Å². The molecule has 0 saturated heterocycles. The minimum atomic E-state index is -0.0895. The Hall–Kier alpha value is -1.59. The first kappa shape index (κ1) is 14.8. The molecule has 0 aliphatic heterocycles. The van der Waals surface area contributed by atoms with Gasteiger partial charge in [-0.1, -0.05) is 25.1 Å². The first-order chi connectivity index (χ1) is 9.69. The highest BCUT2D eigenvalue weighted by Crippen LogP contribution is 2.24. The van der Waals surface area contributed by atoms with Gasteiger partial charge in [-0.3, -0.25) is 4.79 Å². The maximum atomic E-state index is 11.6. The van der Waals surface area contributed by atoms with Crippen LogP contribution in [0.4, 0.5) is 0 Å². The van der Waals surface area contributed by atoms with E-state index in [0.717, 1.165) is 18.1 Å². The van der Waals surface area contributed by atoms with Crippen LogP contribution in [0.3, 0.4) is 0 Å². The molecule has 4 nitrogen and oxygen atoms in total. The molecule has 1 heterocycles. The van der Waals surface area contributed by atoms with E-state index in [-0.39, 0.29) is 5.56 Å². The molecule has 2 N–H and O–H groups in total. The standard InChI is InChI=1S/C15H19N3OS/c1-3-16-9-12-8-15(19)18-14(17-12)10-20-13-7-5-4-6-11(13)2/h4-8,16H,3,9-10H2,1-2H3,(H,17,18,19). The maximum Gasteiger partial charge on any atom is 0.251 e. The monoisotopic (exact) mass is 289 g/mol. The van der Waals surface area contributed by atoms with E-state index in [1.807, 2.05) is 19.1 Å². The van der Waals surface area contributed by atoms with Gasteiger partial charge in [0, 0.05) is 17.5 Å². The Balaban J connectivity index is 2.07. The number of aromatic nitrogens is 2. The van der Waals surface area contributed by atoms with Gasteiger partial charge in [0.05, 0.1) is 11.4 Å². The molecule has 0 atom stereocenters. The fourth-order valence-corrected chi connectivity index (χ4v) is 2.74. The molecule has 0 amide bonds. The van der Waals surface area contributed by atoms with Crippen molar-refractivity contribution >= 4 is 11.8 Å². The number of aromatic amines is 1. The van der Waals surface area contributed by atoms with Gasteiger partial charge in [-0.15, -0.1) is 11.8 Å². The number of hydrogen-bond donors (Lipinski definition) is 2. The van der Waals surface area contributed by atoms with E-state index in [1.165, 1.54) is 10.5 Å². The first-order valence-electron chi connectivity index (χ1n) is 6.67. The molecule has 0 spiro atoms. The smallest absolute Gasteiger partial charge is 0.251 e. The Kier molecular flexibility index (Phi) is 5.38. The lowest BCUT2D eigenvalue weighted by Gasteiger charge is -2.06. The Morgan fingerprint density at radius 3 is 2.90 bits per heavy atom. The van der Waals surface area contributed by atoms with Gasteiger partial charge in [0.25, 0.3) is 5.56 Å². The molecule has 5 heteroatoms. The summed E-state index contributed by atoms with van der Waals surface area (Å²) in [5, 5.41) is 3.18. The fraction of sp³-hybridized carbons (Fsp3) is 0.333. The number of benzene rings is 1. The molecule has 0 radical (unpaired) electrons. The van der Waals surface area contributed by atoms with E-state index in [9.17, 15) is 4.79 Å². The van der Waals surface area contributed by atoms with Crippen LogP contribution in [0.15, 0.2) is 40.0 Å². The Morgan fingerprint density at radius 2 is 2.15 bits per heavy atom. The average molecular weight is 289 g/mol. The van der Waals surface area contributed by atoms with E-state index in [1.54, 1.807) is 17.8 Å². The zero-order valence-corrected chi connectivity index (χ0v) is 12.6. The number of aryl methyl sites for hydroxylation is 1. The summed E-state index contributed by atoms with van der Waals surface area (Å²) in [5.41, 5.74) is 1.94. The van der Waals surface area contributed by atoms with Crippen LogP contribution in [0.2, 0.25) is 0 Å². The topological polar surface area (TPSA) is 57.8 Å². The van der Waals surface area contributed by atoms with E-state index in [0.29, 0.717) is 12.3 Å². The zero-order valence-electron chi connectivity index (χ0n) is 11.8. The van der Waals surface area contributed by atoms with Gasteiger partial charge in [-0.05, 0) is 25.1 Å². The predicted octanol–water partition coefficient (Wildman–Crippen LogP) is 2.48. The molecule has 1 aromatic heterocycles. The highest BCUT2D eigenvalue weighted by atomic mass is 32.2. The molecule has 1 aromatic carbocycles. The third kappa shape index (κ3) is 4.21. The summed E-state index contributed by atoms with van der Waals surface area (Å²) < 4.78 is 0. The lowest BCUT2D eigenvalue weighted by atomic mass is 10.2. The van der Waals surface area contributed by atoms with Crippen LogP contribution in [0, 0.1) is 6.92 Å². The van der Waals surface area contributed by atoms with Crippen molar-refractivity contribution in [3.05, 3.63) is 57.8 Å². The number of hydrogen-bond acceptors (Lipinski definition) is 4. The normalized spacial score (nSPS) is 10.7. The molecule has 0 unspecified atom stereocenters. The van der Waals surface area contributed by atoms with Crippen LogP contribution in [0.25, 0.3) is 0 Å². The molecule has 0 saturated carbocycles. The van der Waals surface area contributed by atoms with Crippen molar-refractivity contribution in [2.45, 2.75) is 31.0 Å². The minimum absolute atomic E-state index is 0.0895. The van der Waals surface area contributed by atoms with Crippen LogP contribution < -0.4 is 10.9 Å². The number of H-pyrrole nitrogens is 1. The van der Waals surface area contributed by atoms with Crippen LogP contribution in [-0.4, -0.2) is 16.5 Å². The van der Waals surface area contributed by atoms with Gasteiger partial charge in [0.2, 0.25) is 0 Å². The van der Waals surface area contributed by atoms with E-state index < -0.39 is 0 Å². The lowest BCUT2D eigenvalue weighted by Crippen LogP contribution is -2.18. The number of thioether (sulfide) groups is 1. The van der Waals surface area contributed by atoms with Crippen molar-refractivity contribution < 1.29 is 0 Å². The van der Waals surface area contributed by atoms with Gasteiger partial charge < -0.3 is 10.3 Å². The summed E-state index contributed by atoms with van der Waals surface area (Å²) in [5.74, 6) is 1.39. The molecule has 0 bridgehead atoms. The van der Waals surface area contributed by atoms with Crippen LogP contribution >= 0.6 is 11.8 Å². The third-order valence-electron chi connectivity index (χ3n) is 2.86. The highest BCUT2D eigenvalue weighted by Gasteiger charge is 2.04. The van der Waals surface area contributed by atoms with Crippen molar-refractivity contribution in [3.8, 4) is 0 Å². The second-order valence-electron chi connectivity index (χ2n) is 4.52. The maximum absolute atomic E-state index is 11.6. The second kappa shape index (κ2) is 7.26. The van der Waals surface area contributed by atoms with Crippen molar-refractivity contribution in [1.82, 2.24) is 15.3 Å². The average Bonchev–Trinajstić information content (AvgIpc) is 2.44. The molecule has 2 rings (SSSR count). The largest absolute Gasteiger partial charge is 0.311 e. The van der Waals surface area contributed by atoms with E-state index >= 15 is 0 Å². The Labute approximate surface area is 123 Å². The predicted molar refractivity (Wildman–Crippen MR) is 83.0 cm³/mol. The Bertz CT molecular complexity index is 625. The van der Waals surface area contributed by atoms with Crippen molar-refractivity contribution in [2.75, 3.05) is 6.54 Å². The third-order valence-corrected chi connectivity index (χ3v) is 4.04. The molecular formula is C15H19N3OS. The minimum Gasteiger partial charge on any atom is -0.311 e. The van der Waals surface area contributed by atoms with E-state index in [4.69, 9.17) is 0 Å². The lowest BCUT2D eigenvalue weighted by molar-refractivity contribution is 0.702. The Morgan fingerprint density at radius 1 is 1.35 bits per heavy atom. The number of nitrogens with zero attached hydrogens (tertiary/aromatic N) is 1. The van der Waals surface area contributed by atoms with Crippen LogP contribution in [0.5, 0.6) is 0 Å². The fourth-order valence-electron chi connectivity index (χ4n) is 1.84. The zero-order chi connectivity index (χ0) is 14.4. The quantitative estimate of drug-likeness (QED) is 0.802. The van der Waals surface area contributed by atoms with Crippen molar-refractivity contribution in [1.29, 1.82) is 0 Å². The van der Waals surface area contributed by atoms with Crippen molar-refractivity contribution in [3.63, 3.8) is 0 Å². The SMILES string of the molecule is CCNCc1cc(=O)[nH]c(CSc2ccccc2C)n1. The molecule has 0 fully saturated rings. The van der Waals surface area contributed by atoms with Crippen molar-refractivity contribution in [2.24, 2.45) is 0 Å². The first-order valence-corrected chi connectivity index (χ1v) is 7.66. The molecule has 0 aliphatic carbocycles. The van der Waals surface area contributed by atoms with Gasteiger partial charge >= 0.3 is 0 Å². The molecule has 20 heavy (non-hydrogen) atoms. The molecule has 106 valence electrons. The van der Waals surface area contributed by atoms with Gasteiger partial charge in [-0.2, -0.15) is 0 Å².